The minimum absolute atomic E-state index is 0.217. The second-order valence-corrected chi connectivity index (χ2v) is 8.74. The summed E-state index contributed by atoms with van der Waals surface area (Å²) in [7, 11) is 1.71. The molecule has 0 spiro atoms. The molecule has 0 radical (unpaired) electrons. The van der Waals surface area contributed by atoms with Crippen molar-refractivity contribution in [3.05, 3.63) is 77.1 Å². The van der Waals surface area contributed by atoms with Crippen molar-refractivity contribution >= 4 is 0 Å². The summed E-state index contributed by atoms with van der Waals surface area (Å²) in [6, 6.07) is 15.3. The Balaban J connectivity index is 1.41. The van der Waals surface area contributed by atoms with Gasteiger partial charge in [-0.05, 0) is 66.8 Å². The Bertz CT molecular complexity index is 1020. The van der Waals surface area contributed by atoms with Crippen LogP contribution in [0.15, 0.2) is 54.9 Å². The van der Waals surface area contributed by atoms with E-state index in [-0.39, 0.29) is 6.61 Å². The molecule has 1 fully saturated rings. The van der Waals surface area contributed by atoms with Gasteiger partial charge in [0.2, 0.25) is 0 Å². The molecular formula is C26H34N4O2. The van der Waals surface area contributed by atoms with Gasteiger partial charge in [-0.3, -0.25) is 9.80 Å². The number of rotatable bonds is 8. The molecule has 0 bridgehead atoms. The fraction of sp³-hybridized carbons (Fsp3) is 0.423. The van der Waals surface area contributed by atoms with Crippen LogP contribution >= 0.6 is 0 Å². The van der Waals surface area contributed by atoms with E-state index in [9.17, 15) is 5.11 Å². The normalized spacial score (nSPS) is 17.6. The van der Waals surface area contributed by atoms with Crippen LogP contribution in [0.2, 0.25) is 0 Å². The first-order chi connectivity index (χ1) is 15.6. The number of methoxy groups -OCH3 is 1. The Morgan fingerprint density at radius 1 is 1.06 bits per heavy atom. The number of piperazine rings is 1. The number of ether oxygens (including phenoxy) is 1. The largest absolute Gasteiger partial charge is 0.496 e. The Morgan fingerprint density at radius 3 is 2.62 bits per heavy atom. The van der Waals surface area contributed by atoms with Gasteiger partial charge in [0.1, 0.15) is 5.75 Å². The van der Waals surface area contributed by atoms with Crippen molar-refractivity contribution in [2.45, 2.75) is 39.4 Å². The fourth-order valence-electron chi connectivity index (χ4n) is 4.67. The molecule has 1 aliphatic rings. The van der Waals surface area contributed by atoms with Gasteiger partial charge in [-0.15, -0.1) is 0 Å². The van der Waals surface area contributed by atoms with Crippen LogP contribution in [0.25, 0.3) is 5.69 Å². The highest BCUT2D eigenvalue weighted by atomic mass is 16.5. The number of aliphatic hydroxyl groups is 1. The van der Waals surface area contributed by atoms with Gasteiger partial charge in [-0.2, -0.15) is 5.10 Å². The predicted octanol–water partition coefficient (Wildman–Crippen LogP) is 3.57. The zero-order chi connectivity index (χ0) is 22.5. The zero-order valence-corrected chi connectivity index (χ0v) is 19.4. The van der Waals surface area contributed by atoms with Gasteiger partial charge in [0.25, 0.3) is 0 Å². The van der Waals surface area contributed by atoms with E-state index < -0.39 is 0 Å². The van der Waals surface area contributed by atoms with Crippen LogP contribution in [0, 0.1) is 13.8 Å². The molecule has 0 saturated carbocycles. The van der Waals surface area contributed by atoms with E-state index in [0.29, 0.717) is 6.04 Å². The number of aryl methyl sites for hydroxylation is 2. The Morgan fingerprint density at radius 2 is 1.94 bits per heavy atom. The van der Waals surface area contributed by atoms with E-state index in [1.807, 2.05) is 16.9 Å². The minimum Gasteiger partial charge on any atom is -0.496 e. The van der Waals surface area contributed by atoms with Crippen molar-refractivity contribution < 1.29 is 9.84 Å². The van der Waals surface area contributed by atoms with Crippen LogP contribution in [-0.2, 0) is 13.1 Å². The molecule has 32 heavy (non-hydrogen) atoms. The summed E-state index contributed by atoms with van der Waals surface area (Å²) in [5.74, 6) is 0.930. The van der Waals surface area contributed by atoms with Crippen LogP contribution in [0.1, 0.15) is 28.7 Å². The molecule has 1 aliphatic heterocycles. The van der Waals surface area contributed by atoms with E-state index in [2.05, 4.69) is 65.1 Å². The van der Waals surface area contributed by atoms with E-state index in [4.69, 9.17) is 4.74 Å². The first-order valence-corrected chi connectivity index (χ1v) is 11.4. The third kappa shape index (κ3) is 5.21. The van der Waals surface area contributed by atoms with Crippen LogP contribution in [0.3, 0.4) is 0 Å². The topological polar surface area (TPSA) is 53.8 Å². The first-order valence-electron chi connectivity index (χ1n) is 11.4. The molecule has 1 N–H and O–H groups in total. The molecule has 0 amide bonds. The van der Waals surface area contributed by atoms with E-state index in [1.165, 1.54) is 16.7 Å². The van der Waals surface area contributed by atoms with Gasteiger partial charge in [-0.1, -0.05) is 18.2 Å². The molecule has 3 aromatic rings. The van der Waals surface area contributed by atoms with Gasteiger partial charge in [0.15, 0.2) is 0 Å². The highest BCUT2D eigenvalue weighted by Gasteiger charge is 2.27. The molecule has 1 aromatic heterocycles. The monoisotopic (exact) mass is 434 g/mol. The second kappa shape index (κ2) is 10.3. The molecule has 2 aromatic carbocycles. The summed E-state index contributed by atoms with van der Waals surface area (Å²) in [5.41, 5.74) is 6.19. The molecule has 4 rings (SSSR count). The lowest BCUT2D eigenvalue weighted by molar-refractivity contribution is 0.0499. The van der Waals surface area contributed by atoms with E-state index in [0.717, 1.165) is 56.1 Å². The number of aliphatic hydroxyl groups excluding tert-OH is 1. The van der Waals surface area contributed by atoms with Crippen molar-refractivity contribution in [2.24, 2.45) is 0 Å². The van der Waals surface area contributed by atoms with E-state index >= 15 is 0 Å². The van der Waals surface area contributed by atoms with Crippen molar-refractivity contribution in [3.63, 3.8) is 0 Å². The first kappa shape index (κ1) is 22.5. The molecule has 2 heterocycles. The van der Waals surface area contributed by atoms with Gasteiger partial charge in [-0.25, -0.2) is 4.68 Å². The Kier molecular flexibility index (Phi) is 7.25. The smallest absolute Gasteiger partial charge is 0.121 e. The summed E-state index contributed by atoms with van der Waals surface area (Å²) in [6.45, 7) is 9.31. The van der Waals surface area contributed by atoms with Crippen LogP contribution < -0.4 is 4.74 Å². The lowest BCUT2D eigenvalue weighted by atomic mass is 10.0. The van der Waals surface area contributed by atoms with Crippen molar-refractivity contribution in [1.29, 1.82) is 0 Å². The second-order valence-electron chi connectivity index (χ2n) is 8.74. The SMILES string of the molecule is COc1ccc(CN2CCN(Cc3ccc(-n4cccn4)cc3C)C[C@H]2CCO)cc1C. The molecule has 1 atom stereocenters. The van der Waals surface area contributed by atoms with Gasteiger partial charge >= 0.3 is 0 Å². The highest BCUT2D eigenvalue weighted by molar-refractivity contribution is 5.39. The lowest BCUT2D eigenvalue weighted by Gasteiger charge is -2.41. The molecular weight excluding hydrogens is 400 g/mol. The molecule has 0 unspecified atom stereocenters. The molecule has 6 nitrogen and oxygen atoms in total. The average molecular weight is 435 g/mol. The lowest BCUT2D eigenvalue weighted by Crippen LogP contribution is -2.52. The van der Waals surface area contributed by atoms with Gasteiger partial charge in [0, 0.05) is 57.8 Å². The van der Waals surface area contributed by atoms with Crippen LogP contribution in [0.5, 0.6) is 5.75 Å². The minimum atomic E-state index is 0.217. The summed E-state index contributed by atoms with van der Waals surface area (Å²) < 4.78 is 7.30. The van der Waals surface area contributed by atoms with Crippen molar-refractivity contribution in [1.82, 2.24) is 19.6 Å². The average Bonchev–Trinajstić information content (AvgIpc) is 3.32. The number of hydrogen-bond donors (Lipinski definition) is 1. The standard InChI is InChI=1S/C26H34N4O2/c1-20-16-24(30-11-4-10-27-30)7-6-23(20)18-28-12-13-29(25(19-28)9-14-31)17-22-5-8-26(32-3)21(2)15-22/h4-8,10-11,15-16,25,31H,9,12-14,17-19H2,1-3H3/t25-/m1/s1. The molecule has 1 saturated heterocycles. The summed E-state index contributed by atoms with van der Waals surface area (Å²) in [6.07, 6.45) is 4.57. The summed E-state index contributed by atoms with van der Waals surface area (Å²) in [5, 5.41) is 14.0. The molecule has 6 heteroatoms. The summed E-state index contributed by atoms with van der Waals surface area (Å²) in [4.78, 5) is 5.04. The number of benzene rings is 2. The van der Waals surface area contributed by atoms with Crippen molar-refractivity contribution in [3.8, 4) is 11.4 Å². The maximum absolute atomic E-state index is 9.69. The predicted molar refractivity (Wildman–Crippen MR) is 127 cm³/mol. The quantitative estimate of drug-likeness (QED) is 0.588. The van der Waals surface area contributed by atoms with Gasteiger partial charge < -0.3 is 9.84 Å². The highest BCUT2D eigenvalue weighted by Crippen LogP contribution is 2.23. The maximum atomic E-state index is 9.69. The number of hydrogen-bond acceptors (Lipinski definition) is 5. The third-order valence-electron chi connectivity index (χ3n) is 6.49. The third-order valence-corrected chi connectivity index (χ3v) is 6.49. The zero-order valence-electron chi connectivity index (χ0n) is 19.4. The maximum Gasteiger partial charge on any atom is 0.121 e. The number of aromatic nitrogens is 2. The van der Waals surface area contributed by atoms with Crippen molar-refractivity contribution in [2.75, 3.05) is 33.4 Å². The Hall–Kier alpha value is -2.67. The fourth-order valence-corrected chi connectivity index (χ4v) is 4.67. The van der Waals surface area contributed by atoms with E-state index in [1.54, 1.807) is 13.3 Å². The van der Waals surface area contributed by atoms with Gasteiger partial charge in [0.05, 0.1) is 12.8 Å². The number of nitrogens with zero attached hydrogens (tertiary/aromatic N) is 4. The summed E-state index contributed by atoms with van der Waals surface area (Å²) >= 11 is 0. The van der Waals surface area contributed by atoms with Crippen LogP contribution in [-0.4, -0.2) is 64.1 Å². The molecule has 170 valence electrons. The van der Waals surface area contributed by atoms with Crippen LogP contribution in [0.4, 0.5) is 0 Å². The Labute approximate surface area is 191 Å². The molecule has 0 aliphatic carbocycles.